The second-order valence-electron chi connectivity index (χ2n) is 10.4. The number of allylic oxidation sites excluding steroid dienone is 1. The van der Waals surface area contributed by atoms with Gasteiger partial charge in [-0.05, 0) is 108 Å². The zero-order valence-corrected chi connectivity index (χ0v) is 23.0. The number of aryl methyl sites for hydroxylation is 2. The molecule has 1 aromatic heterocycles. The van der Waals surface area contributed by atoms with Crippen LogP contribution in [-0.4, -0.2) is 42.2 Å². The monoisotopic (exact) mass is 505 g/mol. The number of hydrogen-bond donors (Lipinski definition) is 0. The van der Waals surface area contributed by atoms with Crippen molar-refractivity contribution in [1.29, 1.82) is 0 Å². The van der Waals surface area contributed by atoms with E-state index in [2.05, 4.69) is 4.98 Å². The van der Waals surface area contributed by atoms with Crippen LogP contribution in [-0.2, 0) is 9.53 Å². The van der Waals surface area contributed by atoms with Crippen molar-refractivity contribution in [2.24, 2.45) is 0 Å². The molecular weight excluding hydrogens is 470 g/mol. The molecule has 3 rings (SSSR count). The first-order chi connectivity index (χ1) is 17.2. The molecule has 0 radical (unpaired) electrons. The SMILES string of the molecule is COc1ccc2nc(OC)c(C(=O)/C=C/c3cc(C)c(OC(C)(C)C(=O)OC(C)(C)C)c(C)c3)cc2c1. The lowest BCUT2D eigenvalue weighted by Gasteiger charge is -2.30. The number of benzene rings is 2. The summed E-state index contributed by atoms with van der Waals surface area (Å²) in [5.41, 5.74) is 1.76. The number of methoxy groups -OCH3 is 2. The van der Waals surface area contributed by atoms with E-state index in [-0.39, 0.29) is 11.7 Å². The highest BCUT2D eigenvalue weighted by Gasteiger charge is 2.35. The fourth-order valence-electron chi connectivity index (χ4n) is 3.80. The molecule has 0 N–H and O–H groups in total. The van der Waals surface area contributed by atoms with Crippen LogP contribution in [0, 0.1) is 13.8 Å². The van der Waals surface area contributed by atoms with Crippen LogP contribution < -0.4 is 14.2 Å². The van der Waals surface area contributed by atoms with Crippen molar-refractivity contribution in [3.8, 4) is 17.4 Å². The quantitative estimate of drug-likeness (QED) is 0.203. The summed E-state index contributed by atoms with van der Waals surface area (Å²) in [5.74, 6) is 0.859. The lowest BCUT2D eigenvalue weighted by atomic mass is 10.0. The molecule has 0 amide bonds. The number of nitrogens with zero attached hydrogens (tertiary/aromatic N) is 1. The summed E-state index contributed by atoms with van der Waals surface area (Å²) in [6.45, 7) is 12.6. The molecule has 0 aliphatic heterocycles. The summed E-state index contributed by atoms with van der Waals surface area (Å²) in [7, 11) is 3.08. The van der Waals surface area contributed by atoms with Gasteiger partial charge in [-0.3, -0.25) is 4.79 Å². The van der Waals surface area contributed by atoms with E-state index < -0.39 is 17.2 Å². The molecule has 1 heterocycles. The van der Waals surface area contributed by atoms with Crippen molar-refractivity contribution in [3.05, 3.63) is 64.7 Å². The van der Waals surface area contributed by atoms with Crippen LogP contribution >= 0.6 is 0 Å². The van der Waals surface area contributed by atoms with E-state index in [1.807, 2.05) is 65.0 Å². The zero-order chi connectivity index (χ0) is 27.5. The number of aromatic nitrogens is 1. The highest BCUT2D eigenvalue weighted by atomic mass is 16.6. The fraction of sp³-hybridized carbons (Fsp3) is 0.367. The molecule has 196 valence electrons. The van der Waals surface area contributed by atoms with Crippen molar-refractivity contribution >= 4 is 28.7 Å². The van der Waals surface area contributed by atoms with Crippen molar-refractivity contribution in [2.75, 3.05) is 14.2 Å². The third kappa shape index (κ3) is 6.67. The van der Waals surface area contributed by atoms with Gasteiger partial charge in [0.05, 0.1) is 25.3 Å². The summed E-state index contributed by atoms with van der Waals surface area (Å²) < 4.78 is 22.3. The summed E-state index contributed by atoms with van der Waals surface area (Å²) in [4.78, 5) is 30.2. The highest BCUT2D eigenvalue weighted by molar-refractivity contribution is 6.10. The molecule has 0 saturated heterocycles. The molecule has 0 saturated carbocycles. The van der Waals surface area contributed by atoms with Crippen LogP contribution in [0.1, 0.15) is 61.7 Å². The minimum Gasteiger partial charge on any atom is -0.497 e. The van der Waals surface area contributed by atoms with Gasteiger partial charge in [0.2, 0.25) is 5.88 Å². The number of carbonyl (C=O) groups excluding carboxylic acids is 2. The molecule has 0 unspecified atom stereocenters. The molecule has 7 heteroatoms. The Kier molecular flexibility index (Phi) is 7.96. The summed E-state index contributed by atoms with van der Waals surface area (Å²) >= 11 is 0. The van der Waals surface area contributed by atoms with Gasteiger partial charge in [0.15, 0.2) is 11.4 Å². The molecule has 0 spiro atoms. The number of esters is 1. The van der Waals surface area contributed by atoms with Crippen molar-refractivity contribution in [1.82, 2.24) is 4.98 Å². The van der Waals surface area contributed by atoms with Crippen molar-refractivity contribution in [3.63, 3.8) is 0 Å². The largest absolute Gasteiger partial charge is 0.497 e. The van der Waals surface area contributed by atoms with Crippen LogP contribution in [0.2, 0.25) is 0 Å². The number of ether oxygens (including phenoxy) is 4. The number of fused-ring (bicyclic) bond motifs is 1. The van der Waals surface area contributed by atoms with Crippen molar-refractivity contribution in [2.45, 2.75) is 59.7 Å². The van der Waals surface area contributed by atoms with Gasteiger partial charge in [-0.1, -0.05) is 6.08 Å². The van der Waals surface area contributed by atoms with Crippen LogP contribution in [0.25, 0.3) is 17.0 Å². The minimum atomic E-state index is -1.17. The molecule has 0 aliphatic carbocycles. The van der Waals surface area contributed by atoms with E-state index in [0.717, 1.165) is 22.1 Å². The number of ketones is 1. The molecule has 3 aromatic rings. The van der Waals surface area contributed by atoms with Gasteiger partial charge in [0, 0.05) is 5.39 Å². The molecular formula is C30H35NO6. The van der Waals surface area contributed by atoms with E-state index >= 15 is 0 Å². The lowest BCUT2D eigenvalue weighted by Crippen LogP contribution is -2.43. The van der Waals surface area contributed by atoms with E-state index in [9.17, 15) is 9.59 Å². The Hall–Kier alpha value is -3.87. The third-order valence-corrected chi connectivity index (χ3v) is 5.60. The second-order valence-corrected chi connectivity index (χ2v) is 10.4. The number of hydrogen-bond acceptors (Lipinski definition) is 7. The van der Waals surface area contributed by atoms with E-state index in [1.54, 1.807) is 33.1 Å². The Balaban J connectivity index is 1.86. The highest BCUT2D eigenvalue weighted by Crippen LogP contribution is 2.31. The Labute approximate surface area is 218 Å². The summed E-state index contributed by atoms with van der Waals surface area (Å²) in [6, 6.07) is 11.0. The first-order valence-corrected chi connectivity index (χ1v) is 12.0. The maximum absolute atomic E-state index is 13.1. The van der Waals surface area contributed by atoms with Gasteiger partial charge >= 0.3 is 5.97 Å². The fourth-order valence-corrected chi connectivity index (χ4v) is 3.80. The zero-order valence-electron chi connectivity index (χ0n) is 23.0. The molecule has 2 aromatic carbocycles. The predicted octanol–water partition coefficient (Wildman–Crippen LogP) is 6.26. The van der Waals surface area contributed by atoms with Crippen LogP contribution in [0.3, 0.4) is 0 Å². The van der Waals surface area contributed by atoms with Gasteiger partial charge < -0.3 is 18.9 Å². The summed E-state index contributed by atoms with van der Waals surface area (Å²) in [6.07, 6.45) is 3.23. The van der Waals surface area contributed by atoms with Crippen LogP contribution in [0.15, 0.2) is 42.5 Å². The lowest BCUT2D eigenvalue weighted by molar-refractivity contribution is -0.171. The standard InChI is InChI=1S/C30H35NO6/c1-18-14-20(15-19(2)26(18)36-30(6,7)28(33)37-29(3,4)5)10-13-25(32)23-17-21-16-22(34-8)11-12-24(21)31-27(23)35-9/h10-17H,1-9H3/b13-10+. The maximum Gasteiger partial charge on any atom is 0.350 e. The number of rotatable bonds is 8. The van der Waals surface area contributed by atoms with Gasteiger partial charge in [-0.15, -0.1) is 0 Å². The molecule has 0 fully saturated rings. The molecule has 37 heavy (non-hydrogen) atoms. The minimum absolute atomic E-state index is 0.240. The Morgan fingerprint density at radius 2 is 1.54 bits per heavy atom. The predicted molar refractivity (Wildman–Crippen MR) is 145 cm³/mol. The Bertz CT molecular complexity index is 1340. The first-order valence-electron chi connectivity index (χ1n) is 12.0. The number of pyridine rings is 1. The average Bonchev–Trinajstić information content (AvgIpc) is 2.82. The van der Waals surface area contributed by atoms with Crippen molar-refractivity contribution < 1.29 is 28.5 Å². The van der Waals surface area contributed by atoms with E-state index in [1.165, 1.54) is 13.2 Å². The van der Waals surface area contributed by atoms with E-state index in [4.69, 9.17) is 18.9 Å². The molecule has 0 atom stereocenters. The molecule has 7 nitrogen and oxygen atoms in total. The number of carbonyl (C=O) groups is 2. The Morgan fingerprint density at radius 1 is 0.892 bits per heavy atom. The van der Waals surface area contributed by atoms with Gasteiger partial charge in [0.25, 0.3) is 0 Å². The van der Waals surface area contributed by atoms with E-state index in [0.29, 0.717) is 22.6 Å². The second kappa shape index (κ2) is 10.6. The average molecular weight is 506 g/mol. The van der Waals surface area contributed by atoms with Crippen LogP contribution in [0.5, 0.6) is 17.4 Å². The summed E-state index contributed by atoms with van der Waals surface area (Å²) in [5, 5.41) is 0.776. The molecule has 0 bridgehead atoms. The van der Waals surface area contributed by atoms with Gasteiger partial charge in [-0.2, -0.15) is 0 Å². The smallest absolute Gasteiger partial charge is 0.350 e. The third-order valence-electron chi connectivity index (χ3n) is 5.60. The topological polar surface area (TPSA) is 84.0 Å². The van der Waals surface area contributed by atoms with Gasteiger partial charge in [0.1, 0.15) is 17.1 Å². The maximum atomic E-state index is 13.1. The Morgan fingerprint density at radius 3 is 2.11 bits per heavy atom. The van der Waals surface area contributed by atoms with Gasteiger partial charge in [-0.25, -0.2) is 9.78 Å². The molecule has 0 aliphatic rings. The normalized spacial score (nSPS) is 12.0. The van der Waals surface area contributed by atoms with Crippen LogP contribution in [0.4, 0.5) is 0 Å². The first kappa shape index (κ1) is 27.7.